The number of benzene rings is 2. The third-order valence-corrected chi connectivity index (χ3v) is 9.95. The van der Waals surface area contributed by atoms with Crippen molar-refractivity contribution in [1.82, 2.24) is 0 Å². The average molecular weight is 700 g/mol. The third-order valence-electron chi connectivity index (χ3n) is 9.95. The van der Waals surface area contributed by atoms with Crippen molar-refractivity contribution >= 4 is 11.9 Å². The monoisotopic (exact) mass is 699 g/mol. The number of carbonyl (C=O) groups is 2. The van der Waals surface area contributed by atoms with Crippen LogP contribution in [0.1, 0.15) is 42.4 Å². The predicted octanol–water partition coefficient (Wildman–Crippen LogP) is 1.25. The first kappa shape index (κ1) is 33.0. The van der Waals surface area contributed by atoms with Crippen molar-refractivity contribution < 1.29 is 72.6 Å². The van der Waals surface area contributed by atoms with Gasteiger partial charge < -0.3 is 63.8 Å². The van der Waals surface area contributed by atoms with Crippen molar-refractivity contribution in [3.8, 4) is 28.7 Å². The average Bonchev–Trinajstić information content (AvgIpc) is 3.69. The van der Waals surface area contributed by atoms with Gasteiger partial charge in [-0.15, -0.1) is 0 Å². The van der Waals surface area contributed by atoms with E-state index in [1.807, 2.05) is 12.1 Å². The molecule has 6 aliphatic rings. The van der Waals surface area contributed by atoms with Crippen LogP contribution in [0, 0.1) is 5.92 Å². The van der Waals surface area contributed by atoms with Crippen molar-refractivity contribution in [3.63, 3.8) is 0 Å². The number of carboxylic acids is 1. The lowest BCUT2D eigenvalue weighted by Gasteiger charge is -2.52. The van der Waals surface area contributed by atoms with Gasteiger partial charge in [0.25, 0.3) is 0 Å². The molecule has 16 heteroatoms. The summed E-state index contributed by atoms with van der Waals surface area (Å²) in [6.07, 6.45) is -4.32. The van der Waals surface area contributed by atoms with Crippen LogP contribution in [0.4, 0.5) is 0 Å². The number of aliphatic hydroxyl groups excluding tert-OH is 2. The second-order valence-corrected chi connectivity index (χ2v) is 13.0. The molecule has 1 spiro atoms. The van der Waals surface area contributed by atoms with E-state index in [0.29, 0.717) is 36.0 Å². The van der Waals surface area contributed by atoms with Crippen LogP contribution in [-0.2, 0) is 33.4 Å². The number of aliphatic hydroxyl groups is 2. The molecule has 2 bridgehead atoms. The Morgan fingerprint density at radius 3 is 2.66 bits per heavy atom. The third kappa shape index (κ3) is 5.70. The highest BCUT2D eigenvalue weighted by atomic mass is 17.2. The summed E-state index contributed by atoms with van der Waals surface area (Å²) in [6.45, 7) is 0.456. The van der Waals surface area contributed by atoms with Crippen LogP contribution in [0.5, 0.6) is 28.7 Å². The lowest BCUT2D eigenvalue weighted by molar-refractivity contribution is -0.394. The van der Waals surface area contributed by atoms with Gasteiger partial charge in [-0.1, -0.05) is 12.2 Å². The highest BCUT2D eigenvalue weighted by Crippen LogP contribution is 2.55. The highest BCUT2D eigenvalue weighted by molar-refractivity contribution is 5.90. The van der Waals surface area contributed by atoms with E-state index in [2.05, 4.69) is 0 Å². The molecule has 0 aliphatic carbocycles. The Balaban J connectivity index is 1.05. The summed E-state index contributed by atoms with van der Waals surface area (Å²) >= 11 is 0. The summed E-state index contributed by atoms with van der Waals surface area (Å²) in [4.78, 5) is 35.5. The molecule has 0 radical (unpaired) electrons. The maximum atomic E-state index is 12.5. The number of nitrogens with two attached hydrogens (primary N) is 1. The number of ether oxygens (including phenoxy) is 8. The first-order chi connectivity index (χ1) is 24.3. The summed E-state index contributed by atoms with van der Waals surface area (Å²) in [7, 11) is 0. The van der Waals surface area contributed by atoms with Gasteiger partial charge in [-0.3, -0.25) is 9.59 Å². The molecule has 0 amide bonds. The smallest absolute Gasteiger partial charge is 0.317 e. The summed E-state index contributed by atoms with van der Waals surface area (Å²) in [5, 5.41) is 31.2. The van der Waals surface area contributed by atoms with Crippen LogP contribution >= 0.6 is 0 Å². The van der Waals surface area contributed by atoms with Gasteiger partial charge in [-0.05, 0) is 37.1 Å². The van der Waals surface area contributed by atoms with Crippen molar-refractivity contribution in [2.45, 2.75) is 73.7 Å². The number of hydrogen-bond donors (Lipinski definition) is 4. The van der Waals surface area contributed by atoms with Crippen LogP contribution < -0.4 is 29.6 Å². The lowest BCUT2D eigenvalue weighted by Crippen LogP contribution is -2.70. The lowest BCUT2D eigenvalue weighted by atomic mass is 9.79. The Hall–Kier alpha value is -4.16. The number of fused-ring (bicyclic) bond motifs is 7. The fourth-order valence-electron chi connectivity index (χ4n) is 7.59. The zero-order valence-electron chi connectivity index (χ0n) is 26.7. The Morgan fingerprint density at radius 1 is 1.02 bits per heavy atom. The number of hydrogen-bond acceptors (Lipinski definition) is 15. The predicted molar refractivity (Wildman–Crippen MR) is 164 cm³/mol. The number of rotatable bonds is 10. The molecule has 6 heterocycles. The highest BCUT2D eigenvalue weighted by Gasteiger charge is 2.63. The van der Waals surface area contributed by atoms with E-state index in [1.165, 1.54) is 0 Å². The largest absolute Gasteiger partial charge is 0.492 e. The van der Waals surface area contributed by atoms with Crippen molar-refractivity contribution in [3.05, 3.63) is 53.6 Å². The SMILES string of the molecule is NCCO[C@@H]1O[C@@H]2[C@@H](OC(=O)CC(=O)O)CC[C@H]3O[C@@]2(C=C[C@H]3CO)[C@H](O)[C@@H]1OOc1ccc2c(c1)[C@@H]1Oc3cc4c(cc3[C@H]1CO2)OCO4. The van der Waals surface area contributed by atoms with Gasteiger partial charge in [0.15, 0.2) is 29.6 Å². The van der Waals surface area contributed by atoms with Gasteiger partial charge in [-0.2, -0.15) is 4.89 Å². The zero-order chi connectivity index (χ0) is 34.6. The first-order valence-electron chi connectivity index (χ1n) is 16.5. The van der Waals surface area contributed by atoms with E-state index < -0.39 is 66.7 Å². The van der Waals surface area contributed by atoms with Gasteiger partial charge in [0.05, 0.1) is 31.8 Å². The number of carbonyl (C=O) groups excluding carboxylic acids is 1. The first-order valence-corrected chi connectivity index (χ1v) is 16.5. The molecule has 10 atom stereocenters. The molecule has 2 aromatic rings. The van der Waals surface area contributed by atoms with Crippen LogP contribution in [0.25, 0.3) is 0 Å². The summed E-state index contributed by atoms with van der Waals surface area (Å²) < 4.78 is 47.8. The normalized spacial score (nSPS) is 34.2. The fraction of sp³-hybridized carbons (Fsp3) is 0.529. The van der Waals surface area contributed by atoms with E-state index in [4.69, 9.17) is 58.5 Å². The summed E-state index contributed by atoms with van der Waals surface area (Å²) in [5.41, 5.74) is 5.75. The van der Waals surface area contributed by atoms with Crippen molar-refractivity contribution in [2.24, 2.45) is 11.7 Å². The Morgan fingerprint density at radius 2 is 1.86 bits per heavy atom. The Bertz CT molecular complexity index is 1670. The van der Waals surface area contributed by atoms with Gasteiger partial charge in [-0.25, -0.2) is 0 Å². The fourth-order valence-corrected chi connectivity index (χ4v) is 7.59. The molecule has 268 valence electrons. The van der Waals surface area contributed by atoms with E-state index in [1.54, 1.807) is 30.4 Å². The minimum absolute atomic E-state index is 0.0169. The minimum atomic E-state index is -1.65. The standard InChI is InChI=1S/C34H37NO15/c35-7-8-41-33-30(31(40)34-6-5-16(13-36)21(48-34)3-4-23(32(34)47-33)45-28(39)12-27(37)38)50-49-17-1-2-22-19(9-17)29-20(14-42-22)18-10-25-26(44-15-43-25)11-24(18)46-29/h1-2,5-6,9-11,16,20-21,23,29-33,36,40H,3-4,7-8,12-15,35H2,(H,37,38)/t16-,20+,21+,23-,29-,30-,31+,32+,33+,34-/m0/s1. The van der Waals surface area contributed by atoms with Crippen molar-refractivity contribution in [2.75, 3.05) is 33.2 Å². The topological polar surface area (TPSA) is 213 Å². The molecule has 0 aromatic heterocycles. The molecular weight excluding hydrogens is 662 g/mol. The Labute approximate surface area is 285 Å². The molecule has 6 aliphatic heterocycles. The Kier molecular flexibility index (Phi) is 8.71. The molecule has 2 fully saturated rings. The van der Waals surface area contributed by atoms with Gasteiger partial charge in [0.2, 0.25) is 6.79 Å². The van der Waals surface area contributed by atoms with E-state index in [-0.39, 0.29) is 50.7 Å². The second-order valence-electron chi connectivity index (χ2n) is 13.0. The molecule has 8 rings (SSSR count). The summed E-state index contributed by atoms with van der Waals surface area (Å²) in [5.74, 6) is -0.0180. The van der Waals surface area contributed by atoms with Gasteiger partial charge >= 0.3 is 11.9 Å². The quantitative estimate of drug-likeness (QED) is 0.0903. The number of esters is 1. The maximum Gasteiger partial charge on any atom is 0.317 e. The van der Waals surface area contributed by atoms with Crippen LogP contribution in [0.2, 0.25) is 0 Å². The van der Waals surface area contributed by atoms with Gasteiger partial charge in [0.1, 0.15) is 47.9 Å². The van der Waals surface area contributed by atoms with Gasteiger partial charge in [0, 0.05) is 29.7 Å². The summed E-state index contributed by atoms with van der Waals surface area (Å²) in [6, 6.07) is 8.85. The maximum absolute atomic E-state index is 12.5. The molecule has 2 aromatic carbocycles. The second kappa shape index (κ2) is 13.2. The van der Waals surface area contributed by atoms with E-state index >= 15 is 0 Å². The van der Waals surface area contributed by atoms with E-state index in [9.17, 15) is 19.8 Å². The van der Waals surface area contributed by atoms with E-state index in [0.717, 1.165) is 11.1 Å². The van der Waals surface area contributed by atoms with Crippen molar-refractivity contribution in [1.29, 1.82) is 0 Å². The molecule has 50 heavy (non-hydrogen) atoms. The van der Waals surface area contributed by atoms with Crippen LogP contribution in [0.3, 0.4) is 0 Å². The number of carboxylic acid groups (broad SMARTS) is 1. The van der Waals surface area contributed by atoms with Crippen LogP contribution in [-0.4, -0.2) is 103 Å². The molecular formula is C34H37NO15. The molecule has 5 N–H and O–H groups in total. The molecule has 16 nitrogen and oxygen atoms in total. The minimum Gasteiger partial charge on any atom is -0.492 e. The number of aliphatic carboxylic acids is 1. The molecule has 2 saturated heterocycles. The molecule has 0 unspecified atom stereocenters. The zero-order valence-corrected chi connectivity index (χ0v) is 26.7. The van der Waals surface area contributed by atoms with Crippen LogP contribution in [0.15, 0.2) is 42.5 Å². The molecule has 0 saturated carbocycles.